The fourth-order valence-corrected chi connectivity index (χ4v) is 4.22. The van der Waals surface area contributed by atoms with Gasteiger partial charge < -0.3 is 20.7 Å². The number of hydrogen-bond acceptors (Lipinski definition) is 5. The van der Waals surface area contributed by atoms with E-state index in [1.165, 1.54) is 30.7 Å². The molecule has 1 aliphatic heterocycles. The van der Waals surface area contributed by atoms with E-state index in [4.69, 9.17) is 10.5 Å². The second kappa shape index (κ2) is 9.70. The van der Waals surface area contributed by atoms with Crippen LogP contribution >= 0.6 is 0 Å². The molecule has 33 heavy (non-hydrogen) atoms. The lowest BCUT2D eigenvalue weighted by Gasteiger charge is -2.29. The molecule has 2 heterocycles. The Morgan fingerprint density at radius 1 is 1.36 bits per heavy atom. The van der Waals surface area contributed by atoms with Crippen molar-refractivity contribution in [2.45, 2.75) is 32.2 Å². The smallest absolute Gasteiger partial charge is 0.258 e. The van der Waals surface area contributed by atoms with Crippen LogP contribution in [0.2, 0.25) is 0 Å². The number of carbonyl (C=O) groups is 1. The summed E-state index contributed by atoms with van der Waals surface area (Å²) in [5.74, 6) is -0.249. The van der Waals surface area contributed by atoms with Gasteiger partial charge in [0.1, 0.15) is 29.7 Å². The van der Waals surface area contributed by atoms with Crippen LogP contribution in [-0.2, 0) is 35.4 Å². The van der Waals surface area contributed by atoms with Gasteiger partial charge in [-0.05, 0) is 6.07 Å². The molecule has 3 N–H and O–H groups in total. The fourth-order valence-electron chi connectivity index (χ4n) is 4.22. The van der Waals surface area contributed by atoms with Crippen LogP contribution in [0.25, 0.3) is 0 Å². The third-order valence-electron chi connectivity index (χ3n) is 6.21. The minimum Gasteiger partial charge on any atom is -0.383 e. The van der Waals surface area contributed by atoms with Gasteiger partial charge in [0.05, 0.1) is 24.2 Å². The fraction of sp³-hybridized carbons (Fsp3) is 0.435. The number of aliphatic imine (C=N–C) groups is 1. The predicted molar refractivity (Wildman–Crippen MR) is 122 cm³/mol. The number of pyridine rings is 1. The molecule has 1 fully saturated rings. The predicted octanol–water partition coefficient (Wildman–Crippen LogP) is 2.03. The number of hydrogen-bond donors (Lipinski definition) is 2. The molecule has 1 aromatic heterocycles. The topological polar surface area (TPSA) is 102 Å². The van der Waals surface area contributed by atoms with E-state index in [1.807, 2.05) is 0 Å². The van der Waals surface area contributed by atoms with Gasteiger partial charge in [-0.3, -0.25) is 19.1 Å². The number of aromatic nitrogens is 1. The number of alkyl halides is 1. The lowest BCUT2D eigenvalue weighted by Crippen LogP contribution is -2.41. The number of amides is 1. The molecule has 1 unspecified atom stereocenters. The van der Waals surface area contributed by atoms with Crippen LogP contribution in [0.4, 0.5) is 14.6 Å². The summed E-state index contributed by atoms with van der Waals surface area (Å²) in [5.41, 5.74) is 5.98. The molecular formula is C23H29F2N5O3. The second-order valence-electron chi connectivity index (χ2n) is 8.05. The summed E-state index contributed by atoms with van der Waals surface area (Å²) >= 11 is 0. The number of likely N-dealkylation sites (tertiary alicyclic amines) is 1. The Morgan fingerprint density at radius 3 is 2.64 bits per heavy atom. The van der Waals surface area contributed by atoms with E-state index in [9.17, 15) is 18.4 Å². The first-order valence-corrected chi connectivity index (χ1v) is 10.5. The molecule has 178 valence electrons. The van der Waals surface area contributed by atoms with Gasteiger partial charge in [-0.15, -0.1) is 0 Å². The van der Waals surface area contributed by atoms with Crippen molar-refractivity contribution in [3.05, 3.63) is 62.7 Å². The van der Waals surface area contributed by atoms with E-state index in [0.717, 1.165) is 0 Å². The largest absolute Gasteiger partial charge is 0.383 e. The van der Waals surface area contributed by atoms with Crippen molar-refractivity contribution >= 4 is 17.6 Å². The van der Waals surface area contributed by atoms with Crippen LogP contribution in [0.5, 0.6) is 0 Å². The van der Waals surface area contributed by atoms with Crippen molar-refractivity contribution in [2.24, 2.45) is 17.8 Å². The molecule has 0 saturated carbocycles. The number of amidine groups is 1. The molecule has 0 aliphatic carbocycles. The third kappa shape index (κ3) is 4.47. The van der Waals surface area contributed by atoms with E-state index < -0.39 is 18.1 Å². The van der Waals surface area contributed by atoms with Gasteiger partial charge in [-0.1, -0.05) is 18.2 Å². The molecule has 8 nitrogen and oxygen atoms in total. The Hall–Kier alpha value is -3.27. The number of rotatable bonds is 7. The van der Waals surface area contributed by atoms with Crippen molar-refractivity contribution < 1.29 is 18.3 Å². The van der Waals surface area contributed by atoms with Crippen molar-refractivity contribution in [1.82, 2.24) is 9.47 Å². The summed E-state index contributed by atoms with van der Waals surface area (Å²) in [6.07, 6.45) is 0.453. The zero-order valence-electron chi connectivity index (χ0n) is 19.2. The highest BCUT2D eigenvalue weighted by molar-refractivity contribution is 6.02. The molecule has 0 spiro atoms. The summed E-state index contributed by atoms with van der Waals surface area (Å²) in [4.78, 5) is 31.0. The molecule has 10 heteroatoms. The monoisotopic (exact) mass is 461 g/mol. The van der Waals surface area contributed by atoms with E-state index in [2.05, 4.69) is 10.3 Å². The number of methoxy groups -OCH3 is 1. The van der Waals surface area contributed by atoms with Gasteiger partial charge in [-0.25, -0.2) is 8.78 Å². The summed E-state index contributed by atoms with van der Waals surface area (Å²) < 4.78 is 34.6. The van der Waals surface area contributed by atoms with Crippen molar-refractivity contribution in [3.63, 3.8) is 0 Å². The van der Waals surface area contributed by atoms with Crippen molar-refractivity contribution in [2.75, 3.05) is 32.6 Å². The van der Waals surface area contributed by atoms with Crippen LogP contribution in [0.15, 0.2) is 34.1 Å². The van der Waals surface area contributed by atoms with Gasteiger partial charge in [0.2, 0.25) is 5.91 Å². The molecule has 2 aromatic rings. The minimum absolute atomic E-state index is 0.0418. The quantitative estimate of drug-likeness (QED) is 0.485. The first kappa shape index (κ1) is 24.4. The highest BCUT2D eigenvalue weighted by Gasteiger charge is 2.43. The normalized spacial score (nSPS) is 18.6. The Labute approximate surface area is 191 Å². The molecule has 0 radical (unpaired) electrons. The molecule has 1 aliphatic rings. The average Bonchev–Trinajstić information content (AvgIpc) is 3.26. The average molecular weight is 462 g/mol. The third-order valence-corrected chi connectivity index (χ3v) is 6.21. The number of anilines is 1. The first-order chi connectivity index (χ1) is 15.7. The maximum absolute atomic E-state index is 14.4. The zero-order chi connectivity index (χ0) is 24.3. The van der Waals surface area contributed by atoms with E-state index in [1.54, 1.807) is 31.1 Å². The number of nitrogens with zero attached hydrogens (tertiary/aromatic N) is 3. The van der Waals surface area contributed by atoms with Gasteiger partial charge in [0.25, 0.3) is 5.56 Å². The Kier molecular flexibility index (Phi) is 7.16. The molecular weight excluding hydrogens is 432 g/mol. The van der Waals surface area contributed by atoms with Gasteiger partial charge in [0.15, 0.2) is 0 Å². The zero-order valence-corrected chi connectivity index (χ0v) is 19.2. The van der Waals surface area contributed by atoms with Gasteiger partial charge in [-0.2, -0.15) is 0 Å². The Morgan fingerprint density at radius 2 is 2.06 bits per heavy atom. The van der Waals surface area contributed by atoms with Crippen molar-refractivity contribution in [1.29, 1.82) is 0 Å². The number of carbonyl (C=O) groups excluding carboxylic acids is 1. The van der Waals surface area contributed by atoms with Crippen LogP contribution in [0.3, 0.4) is 0 Å². The van der Waals surface area contributed by atoms with Crippen LogP contribution in [-0.4, -0.2) is 48.5 Å². The van der Waals surface area contributed by atoms with E-state index in [0.29, 0.717) is 29.9 Å². The van der Waals surface area contributed by atoms with Crippen molar-refractivity contribution in [3.8, 4) is 0 Å². The highest BCUT2D eigenvalue weighted by atomic mass is 19.1. The van der Waals surface area contributed by atoms with E-state index >= 15 is 0 Å². The summed E-state index contributed by atoms with van der Waals surface area (Å²) in [6.45, 7) is 1.17. The van der Waals surface area contributed by atoms with Crippen LogP contribution < -0.4 is 16.6 Å². The Bertz CT molecular complexity index is 1150. The second-order valence-corrected chi connectivity index (χ2v) is 8.05. The SMILES string of the molecule is CNc1c(C(N)=NCc2cccc(CF)c2F)cc(C2(OC)CCN(C(C)=O)C2)c(=O)n1C. The molecule has 1 amide bonds. The Balaban J connectivity index is 2.07. The maximum Gasteiger partial charge on any atom is 0.258 e. The summed E-state index contributed by atoms with van der Waals surface area (Å²) in [7, 11) is 4.75. The summed E-state index contributed by atoms with van der Waals surface area (Å²) in [5, 5.41) is 2.96. The van der Waals surface area contributed by atoms with Gasteiger partial charge >= 0.3 is 0 Å². The highest BCUT2D eigenvalue weighted by Crippen LogP contribution is 2.35. The lowest BCUT2D eigenvalue weighted by molar-refractivity contribution is -0.129. The standard InChI is InChI=1S/C23H29F2N5O3/c1-14(31)30-9-8-23(13-30,33-4)18-10-17(21(27-2)29(3)22(18)32)20(26)28-12-16-7-5-6-15(11-24)19(16)25/h5-7,10,27H,8-9,11-13H2,1-4H3,(H2,26,28). The number of nitrogens with one attached hydrogen (secondary N) is 1. The number of benzene rings is 1. The summed E-state index contributed by atoms with van der Waals surface area (Å²) in [6, 6.07) is 6.08. The first-order valence-electron chi connectivity index (χ1n) is 10.5. The number of nitrogens with two attached hydrogens (primary N) is 1. The molecule has 1 aromatic carbocycles. The van der Waals surface area contributed by atoms with E-state index in [-0.39, 0.29) is 41.5 Å². The van der Waals surface area contributed by atoms with Gasteiger partial charge in [0, 0.05) is 52.2 Å². The van der Waals surface area contributed by atoms with Crippen LogP contribution in [0.1, 0.15) is 35.6 Å². The molecule has 1 saturated heterocycles. The number of ether oxygens (including phenoxy) is 1. The maximum atomic E-state index is 14.4. The number of halogens is 2. The molecule has 3 rings (SSSR count). The minimum atomic E-state index is -0.983. The lowest BCUT2D eigenvalue weighted by atomic mass is 9.92. The molecule has 0 bridgehead atoms. The molecule has 1 atom stereocenters. The van der Waals surface area contributed by atoms with Crippen LogP contribution in [0, 0.1) is 5.82 Å².